The van der Waals surface area contributed by atoms with Crippen molar-refractivity contribution in [2.75, 3.05) is 17.7 Å². The van der Waals surface area contributed by atoms with Crippen LogP contribution in [0, 0.1) is 34.0 Å². The van der Waals surface area contributed by atoms with Crippen molar-refractivity contribution in [1.82, 2.24) is 0 Å². The van der Waals surface area contributed by atoms with E-state index in [2.05, 4.69) is 11.1 Å². The first-order chi connectivity index (χ1) is 10.6. The monoisotopic (exact) mass is 289 g/mol. The lowest BCUT2D eigenvalue weighted by Gasteiger charge is -2.16. The molecule has 22 heavy (non-hydrogen) atoms. The van der Waals surface area contributed by atoms with E-state index in [1.807, 2.05) is 42.5 Å². The van der Waals surface area contributed by atoms with Crippen molar-refractivity contribution in [3.8, 4) is 18.2 Å². The molecule has 0 atom stereocenters. The zero-order valence-electron chi connectivity index (χ0n) is 12.0. The van der Waals surface area contributed by atoms with Gasteiger partial charge in [-0.2, -0.15) is 15.8 Å². The number of H-pyrrole nitrogens is 1. The third-order valence-corrected chi connectivity index (χ3v) is 3.32. The summed E-state index contributed by atoms with van der Waals surface area (Å²) in [5.74, 6) is 0.597. The van der Waals surface area contributed by atoms with Gasteiger partial charge in [-0.05, 0) is 12.1 Å². The number of nitrogens with two attached hydrogens (primary N) is 1. The van der Waals surface area contributed by atoms with Gasteiger partial charge in [-0.3, -0.25) is 4.90 Å². The Labute approximate surface area is 128 Å². The first-order valence-corrected chi connectivity index (χ1v) is 6.47. The summed E-state index contributed by atoms with van der Waals surface area (Å²) in [6.07, 6.45) is -0.0553. The number of anilines is 3. The van der Waals surface area contributed by atoms with Crippen molar-refractivity contribution in [1.29, 1.82) is 15.8 Å². The number of nitrogens with one attached hydrogen (secondary N) is 1. The highest BCUT2D eigenvalue weighted by Gasteiger charge is 2.25. The van der Waals surface area contributed by atoms with Gasteiger partial charge in [0.05, 0.1) is 25.2 Å². The van der Waals surface area contributed by atoms with E-state index in [1.54, 1.807) is 11.9 Å². The number of rotatable bonds is 3. The van der Waals surface area contributed by atoms with E-state index in [9.17, 15) is 10.5 Å². The number of para-hydroxylation sites is 1. The molecule has 106 valence electrons. The minimum Gasteiger partial charge on any atom is -0.318 e. The lowest BCUT2D eigenvalue weighted by atomic mass is 10.0. The zero-order chi connectivity index (χ0) is 16.1. The summed E-state index contributed by atoms with van der Waals surface area (Å²) in [7, 11) is 1.78. The maximum atomic E-state index is 9.48. The molecule has 0 aliphatic rings. The highest BCUT2D eigenvalue weighted by molar-refractivity contribution is 5.69. The third kappa shape index (κ3) is 2.52. The molecule has 0 spiro atoms. The number of pyridine rings is 1. The molecule has 0 saturated heterocycles. The Kier molecular flexibility index (Phi) is 4.22. The molecule has 1 aromatic heterocycles. The van der Waals surface area contributed by atoms with E-state index in [-0.39, 0.29) is 23.4 Å². The van der Waals surface area contributed by atoms with Crippen molar-refractivity contribution in [3.05, 3.63) is 47.0 Å². The molecule has 0 saturated carbocycles. The Morgan fingerprint density at radius 2 is 1.73 bits per heavy atom. The summed E-state index contributed by atoms with van der Waals surface area (Å²) in [5, 5.41) is 27.6. The molecule has 0 radical (unpaired) electrons. The summed E-state index contributed by atoms with van der Waals surface area (Å²) < 4.78 is 0. The standard InChI is InChI=1S/C16H12N6/c1-22(11-5-3-2-4-6-11)16-14(10-19)12(7-8-17)13(9-18)15(20)21-16/h2-6H,7H2,1H3,(H2,20,21)/p+1. The number of aromatic amines is 1. The molecule has 1 aromatic carbocycles. The molecule has 0 aliphatic heterocycles. The highest BCUT2D eigenvalue weighted by Crippen LogP contribution is 2.28. The van der Waals surface area contributed by atoms with Crippen LogP contribution in [0.4, 0.5) is 17.3 Å². The van der Waals surface area contributed by atoms with Crippen LogP contribution in [0.3, 0.4) is 0 Å². The van der Waals surface area contributed by atoms with Gasteiger partial charge in [0, 0.05) is 5.56 Å². The van der Waals surface area contributed by atoms with Gasteiger partial charge in [0.1, 0.15) is 23.3 Å². The quantitative estimate of drug-likeness (QED) is 0.922. The van der Waals surface area contributed by atoms with E-state index in [0.717, 1.165) is 5.69 Å². The van der Waals surface area contributed by atoms with Gasteiger partial charge >= 0.3 is 0 Å². The van der Waals surface area contributed by atoms with Gasteiger partial charge in [0.15, 0.2) is 0 Å². The van der Waals surface area contributed by atoms with Crippen LogP contribution in [0.1, 0.15) is 16.7 Å². The maximum absolute atomic E-state index is 9.48. The van der Waals surface area contributed by atoms with Crippen molar-refractivity contribution >= 4 is 17.3 Å². The summed E-state index contributed by atoms with van der Waals surface area (Å²) in [5.41, 5.74) is 7.47. The summed E-state index contributed by atoms with van der Waals surface area (Å²) in [4.78, 5) is 4.65. The maximum Gasteiger partial charge on any atom is 0.244 e. The Bertz CT molecular complexity index is 821. The van der Waals surface area contributed by atoms with Crippen LogP contribution in [0.15, 0.2) is 30.3 Å². The Morgan fingerprint density at radius 3 is 2.27 bits per heavy atom. The van der Waals surface area contributed by atoms with E-state index >= 15 is 0 Å². The van der Waals surface area contributed by atoms with Gasteiger partial charge in [-0.25, -0.2) is 4.98 Å². The summed E-state index contributed by atoms with van der Waals surface area (Å²) in [6, 6.07) is 15.4. The van der Waals surface area contributed by atoms with Crippen LogP contribution >= 0.6 is 0 Å². The normalized spacial score (nSPS) is 9.36. The molecule has 3 N–H and O–H groups in total. The number of aromatic nitrogens is 1. The zero-order valence-corrected chi connectivity index (χ0v) is 12.0. The van der Waals surface area contributed by atoms with Crippen LogP contribution < -0.4 is 15.6 Å². The van der Waals surface area contributed by atoms with Gasteiger partial charge in [-0.1, -0.05) is 18.2 Å². The van der Waals surface area contributed by atoms with Gasteiger partial charge < -0.3 is 5.73 Å². The second-order valence-electron chi connectivity index (χ2n) is 4.57. The van der Waals surface area contributed by atoms with Crippen LogP contribution in [-0.2, 0) is 6.42 Å². The van der Waals surface area contributed by atoms with Crippen LogP contribution in [-0.4, -0.2) is 7.05 Å². The number of nitriles is 3. The number of benzene rings is 1. The smallest absolute Gasteiger partial charge is 0.244 e. The van der Waals surface area contributed by atoms with Gasteiger partial charge in [0.2, 0.25) is 11.6 Å². The molecule has 0 amide bonds. The number of nitrogens with zero attached hydrogens (tertiary/aromatic N) is 4. The molecule has 0 aliphatic carbocycles. The minimum absolute atomic E-state index is 0.0553. The first kappa shape index (κ1) is 14.8. The van der Waals surface area contributed by atoms with Gasteiger partial charge in [0.25, 0.3) is 0 Å². The fourth-order valence-electron chi connectivity index (χ4n) is 2.22. The first-order valence-electron chi connectivity index (χ1n) is 6.47. The SMILES string of the molecule is CN(c1ccccc1)c1[nH+]c(N)c(C#N)c(CC#N)c1C#N. The average Bonchev–Trinajstić information content (AvgIpc) is 2.55. The molecule has 0 fully saturated rings. The average molecular weight is 289 g/mol. The van der Waals surface area contributed by atoms with E-state index in [4.69, 9.17) is 11.0 Å². The number of hydrogen-bond acceptors (Lipinski definition) is 5. The largest absolute Gasteiger partial charge is 0.318 e. The van der Waals surface area contributed by atoms with Crippen molar-refractivity contribution in [3.63, 3.8) is 0 Å². The molecule has 2 rings (SSSR count). The van der Waals surface area contributed by atoms with Gasteiger partial charge in [-0.15, -0.1) is 0 Å². The van der Waals surface area contributed by atoms with E-state index < -0.39 is 0 Å². The van der Waals surface area contributed by atoms with Crippen molar-refractivity contribution in [2.45, 2.75) is 6.42 Å². The predicted molar refractivity (Wildman–Crippen MR) is 80.7 cm³/mol. The number of nitrogen functional groups attached to an aromatic ring is 1. The summed E-state index contributed by atoms with van der Waals surface area (Å²) >= 11 is 0. The molecule has 6 nitrogen and oxygen atoms in total. The highest BCUT2D eigenvalue weighted by atomic mass is 15.2. The topological polar surface area (TPSA) is 115 Å². The van der Waals surface area contributed by atoms with Crippen LogP contribution in [0.25, 0.3) is 0 Å². The molecule has 1 heterocycles. The molecule has 0 unspecified atom stereocenters. The third-order valence-electron chi connectivity index (χ3n) is 3.32. The second-order valence-corrected chi connectivity index (χ2v) is 4.57. The fourth-order valence-corrected chi connectivity index (χ4v) is 2.22. The Balaban J connectivity index is 2.71. The van der Waals surface area contributed by atoms with Crippen molar-refractivity contribution in [2.24, 2.45) is 0 Å². The fraction of sp³-hybridized carbons (Fsp3) is 0.125. The molecule has 2 aromatic rings. The lowest BCUT2D eigenvalue weighted by Crippen LogP contribution is -2.26. The lowest BCUT2D eigenvalue weighted by molar-refractivity contribution is -0.345. The van der Waals surface area contributed by atoms with Crippen LogP contribution in [0.2, 0.25) is 0 Å². The molecule has 0 bridgehead atoms. The second kappa shape index (κ2) is 6.26. The van der Waals surface area contributed by atoms with Crippen molar-refractivity contribution < 1.29 is 4.98 Å². The predicted octanol–water partition coefficient (Wildman–Crippen LogP) is 1.66. The minimum atomic E-state index is -0.0553. The number of hydrogen-bond donors (Lipinski definition) is 1. The van der Waals surface area contributed by atoms with E-state index in [1.165, 1.54) is 0 Å². The van der Waals surface area contributed by atoms with Crippen LogP contribution in [0.5, 0.6) is 0 Å². The van der Waals surface area contributed by atoms with E-state index in [0.29, 0.717) is 11.4 Å². The Hall–Kier alpha value is -3.56. The Morgan fingerprint density at radius 1 is 1.09 bits per heavy atom. The molecular formula is C16H13N6+. The summed E-state index contributed by atoms with van der Waals surface area (Å²) in [6.45, 7) is 0. The molecule has 6 heteroatoms. The molecular weight excluding hydrogens is 276 g/mol.